The van der Waals surface area contributed by atoms with Crippen LogP contribution in [0.1, 0.15) is 32.6 Å². The smallest absolute Gasteiger partial charge is 0.0916 e. The quantitative estimate of drug-likeness (QED) is 0.471. The number of ether oxygens (including phenoxy) is 1. The molecule has 5 heteroatoms. The van der Waals surface area contributed by atoms with Gasteiger partial charge < -0.3 is 10.5 Å². The maximum absolute atomic E-state index is 12.0. The molecule has 0 aromatic rings. The Kier molecular flexibility index (Phi) is 5.36. The molecule has 0 radical (unpaired) electrons. The first-order chi connectivity index (χ1) is 8.70. The van der Waals surface area contributed by atoms with Crippen molar-refractivity contribution >= 4 is 0 Å². The Balaban J connectivity index is 1.61. The number of alkyl halides is 1. The lowest BCUT2D eigenvalue weighted by molar-refractivity contribution is -0.0190. The SMILES string of the molecule is CC1CC(CNC2NC2N)CCC1OCCCF. The van der Waals surface area contributed by atoms with Crippen molar-refractivity contribution in [3.63, 3.8) is 0 Å². The maximum Gasteiger partial charge on any atom is 0.0916 e. The van der Waals surface area contributed by atoms with E-state index in [1.165, 1.54) is 12.8 Å². The fraction of sp³-hybridized carbons (Fsp3) is 1.00. The van der Waals surface area contributed by atoms with E-state index in [1.54, 1.807) is 0 Å². The van der Waals surface area contributed by atoms with Crippen LogP contribution in [0.5, 0.6) is 0 Å². The molecule has 2 rings (SSSR count). The molecule has 2 aliphatic rings. The van der Waals surface area contributed by atoms with Gasteiger partial charge in [0.2, 0.25) is 0 Å². The van der Waals surface area contributed by atoms with E-state index in [9.17, 15) is 4.39 Å². The summed E-state index contributed by atoms with van der Waals surface area (Å²) < 4.78 is 17.8. The molecule has 2 fully saturated rings. The molecule has 0 spiro atoms. The number of hydrogen-bond acceptors (Lipinski definition) is 4. The van der Waals surface area contributed by atoms with Gasteiger partial charge in [-0.2, -0.15) is 0 Å². The number of halogens is 1. The first-order valence-electron chi connectivity index (χ1n) is 7.13. The third-order valence-electron chi connectivity index (χ3n) is 4.06. The largest absolute Gasteiger partial charge is 0.378 e. The zero-order valence-electron chi connectivity index (χ0n) is 11.2. The molecule has 1 aliphatic heterocycles. The summed E-state index contributed by atoms with van der Waals surface area (Å²) in [5.74, 6) is 1.29. The molecule has 4 N–H and O–H groups in total. The van der Waals surface area contributed by atoms with Crippen molar-refractivity contribution in [2.24, 2.45) is 17.6 Å². The summed E-state index contributed by atoms with van der Waals surface area (Å²) in [5, 5.41) is 6.57. The first kappa shape index (κ1) is 14.2. The van der Waals surface area contributed by atoms with Crippen LogP contribution in [0.25, 0.3) is 0 Å². The van der Waals surface area contributed by atoms with Crippen LogP contribution in [0.15, 0.2) is 0 Å². The van der Waals surface area contributed by atoms with E-state index in [0.29, 0.717) is 31.2 Å². The van der Waals surface area contributed by atoms with Gasteiger partial charge in [0.1, 0.15) is 0 Å². The predicted molar refractivity (Wildman–Crippen MR) is 69.7 cm³/mol. The van der Waals surface area contributed by atoms with E-state index in [0.717, 1.165) is 18.9 Å². The van der Waals surface area contributed by atoms with Crippen LogP contribution in [0.3, 0.4) is 0 Å². The van der Waals surface area contributed by atoms with Gasteiger partial charge in [0.25, 0.3) is 0 Å². The van der Waals surface area contributed by atoms with Gasteiger partial charge in [-0.05, 0) is 44.1 Å². The standard InChI is InChI=1S/C13H26FN3O/c1-9-7-10(8-16-13-12(15)17-13)3-4-11(9)18-6-2-5-14/h9-13,16-17H,2-8,15H2,1H3. The number of rotatable bonds is 7. The van der Waals surface area contributed by atoms with Crippen LogP contribution >= 0.6 is 0 Å². The molecule has 5 unspecified atom stereocenters. The van der Waals surface area contributed by atoms with Crippen LogP contribution in [0.2, 0.25) is 0 Å². The predicted octanol–water partition coefficient (Wildman–Crippen LogP) is 0.971. The molecule has 18 heavy (non-hydrogen) atoms. The molecule has 4 nitrogen and oxygen atoms in total. The van der Waals surface area contributed by atoms with Crippen molar-refractivity contribution in [3.8, 4) is 0 Å². The van der Waals surface area contributed by atoms with Gasteiger partial charge in [0.15, 0.2) is 0 Å². The third kappa shape index (κ3) is 4.16. The highest BCUT2D eigenvalue weighted by atomic mass is 19.1. The molecule has 1 heterocycles. The summed E-state index contributed by atoms with van der Waals surface area (Å²) >= 11 is 0. The number of nitrogens with one attached hydrogen (secondary N) is 2. The molecule has 5 atom stereocenters. The van der Waals surface area contributed by atoms with Gasteiger partial charge in [0, 0.05) is 6.61 Å². The van der Waals surface area contributed by atoms with Gasteiger partial charge in [-0.1, -0.05) is 6.92 Å². The molecule has 1 saturated carbocycles. The lowest BCUT2D eigenvalue weighted by atomic mass is 9.80. The minimum absolute atomic E-state index is 0.141. The van der Waals surface area contributed by atoms with Crippen molar-refractivity contribution in [1.29, 1.82) is 0 Å². The van der Waals surface area contributed by atoms with Crippen LogP contribution in [0.4, 0.5) is 4.39 Å². The minimum Gasteiger partial charge on any atom is -0.378 e. The fourth-order valence-corrected chi connectivity index (χ4v) is 2.83. The zero-order valence-corrected chi connectivity index (χ0v) is 11.2. The Morgan fingerprint density at radius 2 is 2.22 bits per heavy atom. The highest BCUT2D eigenvalue weighted by molar-refractivity contribution is 4.91. The summed E-state index contributed by atoms with van der Waals surface area (Å²) in [7, 11) is 0. The second-order valence-corrected chi connectivity index (χ2v) is 5.69. The van der Waals surface area contributed by atoms with E-state index in [2.05, 4.69) is 17.6 Å². The van der Waals surface area contributed by atoms with Gasteiger partial charge >= 0.3 is 0 Å². The van der Waals surface area contributed by atoms with Crippen LogP contribution in [-0.2, 0) is 4.74 Å². The third-order valence-corrected chi connectivity index (χ3v) is 4.06. The summed E-state index contributed by atoms with van der Waals surface area (Å²) in [6.45, 7) is 3.57. The summed E-state index contributed by atoms with van der Waals surface area (Å²) in [6.07, 6.45) is 4.80. The first-order valence-corrected chi connectivity index (χ1v) is 7.13. The Morgan fingerprint density at radius 1 is 1.44 bits per heavy atom. The second kappa shape index (κ2) is 6.80. The van der Waals surface area contributed by atoms with Crippen molar-refractivity contribution < 1.29 is 9.13 Å². The molecule has 1 aliphatic carbocycles. The average molecular weight is 259 g/mol. The van der Waals surface area contributed by atoms with E-state index < -0.39 is 0 Å². The number of nitrogens with two attached hydrogens (primary N) is 1. The molecule has 0 bridgehead atoms. The Labute approximate surface area is 109 Å². The Bertz CT molecular complexity index is 254. The molecule has 0 aromatic carbocycles. The van der Waals surface area contributed by atoms with Gasteiger partial charge in [-0.3, -0.25) is 15.0 Å². The van der Waals surface area contributed by atoms with Crippen LogP contribution in [-0.4, -0.2) is 38.3 Å². The van der Waals surface area contributed by atoms with Crippen LogP contribution < -0.4 is 16.4 Å². The fourth-order valence-electron chi connectivity index (χ4n) is 2.83. The summed E-state index contributed by atoms with van der Waals surface area (Å²) in [5.41, 5.74) is 5.68. The Hall–Kier alpha value is -0.230. The minimum atomic E-state index is -0.276. The van der Waals surface area contributed by atoms with Gasteiger partial charge in [-0.15, -0.1) is 0 Å². The molecular formula is C13H26FN3O. The summed E-state index contributed by atoms with van der Waals surface area (Å²) in [6, 6.07) is 0. The van der Waals surface area contributed by atoms with E-state index in [1.807, 2.05) is 0 Å². The van der Waals surface area contributed by atoms with Gasteiger partial charge in [-0.25, -0.2) is 0 Å². The molecule has 106 valence electrons. The summed E-state index contributed by atoms with van der Waals surface area (Å²) in [4.78, 5) is 0. The van der Waals surface area contributed by atoms with Crippen molar-refractivity contribution in [1.82, 2.24) is 10.6 Å². The highest BCUT2D eigenvalue weighted by Gasteiger charge is 2.33. The molecule has 0 aromatic heterocycles. The molecule has 0 amide bonds. The van der Waals surface area contributed by atoms with E-state index in [-0.39, 0.29) is 12.8 Å². The average Bonchev–Trinajstić information content (AvgIpc) is 3.05. The molecular weight excluding hydrogens is 233 g/mol. The lowest BCUT2D eigenvalue weighted by Crippen LogP contribution is -2.36. The molecule has 1 saturated heterocycles. The zero-order chi connectivity index (χ0) is 13.0. The van der Waals surface area contributed by atoms with E-state index in [4.69, 9.17) is 10.5 Å². The second-order valence-electron chi connectivity index (χ2n) is 5.69. The topological polar surface area (TPSA) is 69.2 Å². The number of hydrogen-bond donors (Lipinski definition) is 3. The maximum atomic E-state index is 12.0. The normalized spacial score (nSPS) is 39.8. The highest BCUT2D eigenvalue weighted by Crippen LogP contribution is 2.31. The Morgan fingerprint density at radius 3 is 2.83 bits per heavy atom. The monoisotopic (exact) mass is 259 g/mol. The van der Waals surface area contributed by atoms with Crippen molar-refractivity contribution in [2.45, 2.75) is 51.0 Å². The van der Waals surface area contributed by atoms with Crippen molar-refractivity contribution in [3.05, 3.63) is 0 Å². The van der Waals surface area contributed by atoms with E-state index >= 15 is 0 Å². The van der Waals surface area contributed by atoms with Gasteiger partial charge in [0.05, 0.1) is 25.1 Å². The van der Waals surface area contributed by atoms with Crippen LogP contribution in [0, 0.1) is 11.8 Å². The van der Waals surface area contributed by atoms with Crippen molar-refractivity contribution in [2.75, 3.05) is 19.8 Å². The lowest BCUT2D eigenvalue weighted by Gasteiger charge is -2.34.